The van der Waals surface area contributed by atoms with E-state index in [2.05, 4.69) is 22.4 Å². The van der Waals surface area contributed by atoms with E-state index in [4.69, 9.17) is 5.11 Å². The molecule has 0 amide bonds. The molecule has 0 heterocycles. The molecule has 0 fully saturated rings. The third kappa shape index (κ3) is 2.54. The van der Waals surface area contributed by atoms with Crippen LogP contribution in [-0.4, -0.2) is 16.2 Å². The smallest absolute Gasteiger partial charge is 0.336 e. The predicted octanol–water partition coefficient (Wildman–Crippen LogP) is 3.42. The van der Waals surface area contributed by atoms with Gasteiger partial charge >= 0.3 is 5.97 Å². The van der Waals surface area contributed by atoms with Crippen LogP contribution in [0.3, 0.4) is 0 Å². The fourth-order valence-electron chi connectivity index (χ4n) is 1.65. The van der Waals surface area contributed by atoms with Gasteiger partial charge in [-0.3, -0.25) is 0 Å². The number of nitrogens with zero attached hydrogens (tertiary/aromatic N) is 1. The first-order valence-electron chi connectivity index (χ1n) is 4.82. The first-order chi connectivity index (χ1) is 7.38. The van der Waals surface area contributed by atoms with Gasteiger partial charge in [0.25, 0.3) is 0 Å². The van der Waals surface area contributed by atoms with E-state index in [1.807, 2.05) is 20.8 Å². The SMILES string of the molecule is CC(C)(C)c1c(N=C=S)cccc1C(=O)O. The molecule has 1 rings (SSSR count). The molecule has 0 saturated heterocycles. The van der Waals surface area contributed by atoms with Gasteiger partial charge in [-0.25, -0.2) is 4.79 Å². The molecular formula is C12H13NO2S. The van der Waals surface area contributed by atoms with E-state index in [-0.39, 0.29) is 11.0 Å². The fourth-order valence-corrected chi connectivity index (χ4v) is 1.75. The number of carbonyl (C=O) groups is 1. The van der Waals surface area contributed by atoms with Crippen molar-refractivity contribution in [2.45, 2.75) is 26.2 Å². The van der Waals surface area contributed by atoms with E-state index in [1.165, 1.54) is 0 Å². The highest BCUT2D eigenvalue weighted by Gasteiger charge is 2.24. The van der Waals surface area contributed by atoms with Gasteiger partial charge < -0.3 is 5.11 Å². The summed E-state index contributed by atoms with van der Waals surface area (Å²) in [6, 6.07) is 4.97. The number of carboxylic acid groups (broad SMARTS) is 1. The second kappa shape index (κ2) is 4.56. The number of carboxylic acids is 1. The van der Waals surface area contributed by atoms with Crippen LogP contribution in [0.15, 0.2) is 23.2 Å². The topological polar surface area (TPSA) is 49.7 Å². The van der Waals surface area contributed by atoms with Crippen LogP contribution in [0, 0.1) is 0 Å². The zero-order chi connectivity index (χ0) is 12.3. The molecule has 1 aromatic carbocycles. The van der Waals surface area contributed by atoms with Gasteiger partial charge in [0.1, 0.15) is 0 Å². The summed E-state index contributed by atoms with van der Waals surface area (Å²) >= 11 is 4.56. The van der Waals surface area contributed by atoms with Crippen molar-refractivity contribution in [3.8, 4) is 0 Å². The molecule has 16 heavy (non-hydrogen) atoms. The molecule has 0 aliphatic carbocycles. The Morgan fingerprint density at radius 2 is 2.06 bits per heavy atom. The molecule has 1 aromatic rings. The standard InChI is InChI=1S/C12H13NO2S/c1-12(2,3)10-8(11(14)15)5-4-6-9(10)13-7-16/h4-6H,1-3H3,(H,14,15). The van der Waals surface area contributed by atoms with E-state index in [9.17, 15) is 4.79 Å². The predicted molar refractivity (Wildman–Crippen MR) is 66.8 cm³/mol. The van der Waals surface area contributed by atoms with Crippen LogP contribution in [0.1, 0.15) is 36.7 Å². The molecule has 3 nitrogen and oxygen atoms in total. The number of aliphatic imine (C=N–C) groups is 1. The van der Waals surface area contributed by atoms with E-state index < -0.39 is 5.97 Å². The molecule has 84 valence electrons. The Morgan fingerprint density at radius 3 is 2.50 bits per heavy atom. The van der Waals surface area contributed by atoms with Gasteiger partial charge in [0, 0.05) is 0 Å². The lowest BCUT2D eigenvalue weighted by Gasteiger charge is -2.22. The first kappa shape index (κ1) is 12.6. The van der Waals surface area contributed by atoms with Crippen molar-refractivity contribution in [3.63, 3.8) is 0 Å². The van der Waals surface area contributed by atoms with Crippen LogP contribution >= 0.6 is 12.2 Å². The molecule has 0 aliphatic heterocycles. The Kier molecular flexibility index (Phi) is 3.58. The van der Waals surface area contributed by atoms with Gasteiger partial charge in [-0.1, -0.05) is 26.8 Å². The Balaban J connectivity index is 3.60. The van der Waals surface area contributed by atoms with E-state index in [0.29, 0.717) is 11.3 Å². The number of benzene rings is 1. The minimum Gasteiger partial charge on any atom is -0.478 e. The van der Waals surface area contributed by atoms with Gasteiger partial charge in [0.15, 0.2) is 0 Å². The summed E-state index contributed by atoms with van der Waals surface area (Å²) in [7, 11) is 0. The number of hydrogen-bond acceptors (Lipinski definition) is 3. The lowest BCUT2D eigenvalue weighted by molar-refractivity contribution is 0.0694. The van der Waals surface area contributed by atoms with Crippen molar-refractivity contribution in [1.82, 2.24) is 0 Å². The first-order valence-corrected chi connectivity index (χ1v) is 5.23. The van der Waals surface area contributed by atoms with Crippen molar-refractivity contribution in [2.24, 2.45) is 4.99 Å². The van der Waals surface area contributed by atoms with Crippen molar-refractivity contribution in [1.29, 1.82) is 0 Å². The van der Waals surface area contributed by atoms with Crippen LogP contribution in [-0.2, 0) is 5.41 Å². The number of isothiocyanates is 1. The average molecular weight is 235 g/mol. The number of rotatable bonds is 2. The highest BCUT2D eigenvalue weighted by molar-refractivity contribution is 7.78. The zero-order valence-corrected chi connectivity index (χ0v) is 10.3. The Labute approximate surface area is 99.8 Å². The van der Waals surface area contributed by atoms with Crippen molar-refractivity contribution in [3.05, 3.63) is 29.3 Å². The van der Waals surface area contributed by atoms with E-state index in [0.717, 1.165) is 0 Å². The van der Waals surface area contributed by atoms with Crippen LogP contribution in [0.25, 0.3) is 0 Å². The van der Waals surface area contributed by atoms with Crippen molar-refractivity contribution < 1.29 is 9.90 Å². The van der Waals surface area contributed by atoms with E-state index in [1.54, 1.807) is 18.2 Å². The Morgan fingerprint density at radius 1 is 1.44 bits per heavy atom. The summed E-state index contributed by atoms with van der Waals surface area (Å²) in [5, 5.41) is 11.4. The molecule has 4 heteroatoms. The van der Waals surface area contributed by atoms with Gasteiger partial charge in [0.05, 0.1) is 16.4 Å². The monoisotopic (exact) mass is 235 g/mol. The molecular weight excluding hydrogens is 222 g/mol. The summed E-state index contributed by atoms with van der Waals surface area (Å²) in [6.45, 7) is 5.82. The quantitative estimate of drug-likeness (QED) is 0.631. The highest BCUT2D eigenvalue weighted by atomic mass is 32.1. The number of thiocarbonyl (C=S) groups is 1. The average Bonchev–Trinajstić information content (AvgIpc) is 2.16. The molecule has 0 spiro atoms. The zero-order valence-electron chi connectivity index (χ0n) is 9.44. The number of hydrogen-bond donors (Lipinski definition) is 1. The van der Waals surface area contributed by atoms with Crippen molar-refractivity contribution in [2.75, 3.05) is 0 Å². The fraction of sp³-hybridized carbons (Fsp3) is 0.333. The normalized spacial score (nSPS) is 10.7. The third-order valence-electron chi connectivity index (χ3n) is 2.19. The molecule has 0 aliphatic rings. The summed E-state index contributed by atoms with van der Waals surface area (Å²) in [4.78, 5) is 15.1. The minimum atomic E-state index is -0.952. The van der Waals surface area contributed by atoms with Crippen LogP contribution in [0.2, 0.25) is 0 Å². The van der Waals surface area contributed by atoms with Crippen LogP contribution in [0.5, 0.6) is 0 Å². The Hall–Kier alpha value is -1.51. The maximum Gasteiger partial charge on any atom is 0.336 e. The van der Waals surface area contributed by atoms with Gasteiger partial charge in [-0.2, -0.15) is 4.99 Å². The summed E-state index contributed by atoms with van der Waals surface area (Å²) in [5.41, 5.74) is 1.21. The molecule has 0 aromatic heterocycles. The largest absolute Gasteiger partial charge is 0.478 e. The summed E-state index contributed by atoms with van der Waals surface area (Å²) < 4.78 is 0. The molecule has 0 radical (unpaired) electrons. The van der Waals surface area contributed by atoms with E-state index >= 15 is 0 Å². The molecule has 0 bridgehead atoms. The van der Waals surface area contributed by atoms with Crippen molar-refractivity contribution >= 4 is 29.0 Å². The lowest BCUT2D eigenvalue weighted by Crippen LogP contribution is -2.17. The van der Waals surface area contributed by atoms with Crippen LogP contribution in [0.4, 0.5) is 5.69 Å². The Bertz CT molecular complexity index is 448. The van der Waals surface area contributed by atoms with Gasteiger partial charge in [0.2, 0.25) is 0 Å². The van der Waals surface area contributed by atoms with Gasteiger partial charge in [-0.15, -0.1) is 0 Å². The third-order valence-corrected chi connectivity index (χ3v) is 2.28. The molecule has 0 saturated carbocycles. The maximum atomic E-state index is 11.1. The van der Waals surface area contributed by atoms with Crippen LogP contribution < -0.4 is 0 Å². The summed E-state index contributed by atoms with van der Waals surface area (Å²) in [6.07, 6.45) is 0. The number of aromatic carboxylic acids is 1. The summed E-state index contributed by atoms with van der Waals surface area (Å²) in [5.74, 6) is -0.952. The highest BCUT2D eigenvalue weighted by Crippen LogP contribution is 2.34. The second-order valence-electron chi connectivity index (χ2n) is 4.46. The lowest BCUT2D eigenvalue weighted by atomic mass is 9.82. The minimum absolute atomic E-state index is 0.263. The maximum absolute atomic E-state index is 11.1. The molecule has 0 unspecified atom stereocenters. The molecule has 0 atom stereocenters. The van der Waals surface area contributed by atoms with Gasteiger partial charge in [-0.05, 0) is 35.3 Å². The molecule has 1 N–H and O–H groups in total. The second-order valence-corrected chi connectivity index (χ2v) is 4.64.